The van der Waals surface area contributed by atoms with Crippen molar-refractivity contribution in [3.63, 3.8) is 0 Å². The number of nitrogens with one attached hydrogen (secondary N) is 1. The van der Waals surface area contributed by atoms with Gasteiger partial charge in [0.15, 0.2) is 0 Å². The standard InChI is InChI=1S/C4H10N2O5S/c5-12(10,11)6-3(1-2-7)4(8)9/h3,6-7H,1-2H2,(H,8,9)(H2,5,10,11). The van der Waals surface area contributed by atoms with Crippen molar-refractivity contribution < 1.29 is 23.4 Å². The molecule has 0 aromatic heterocycles. The maximum absolute atomic E-state index is 10.3. The molecule has 0 amide bonds. The summed E-state index contributed by atoms with van der Waals surface area (Å²) < 4.78 is 22.3. The summed E-state index contributed by atoms with van der Waals surface area (Å²) in [7, 11) is -4.03. The van der Waals surface area contributed by atoms with E-state index in [1.54, 1.807) is 4.72 Å². The predicted octanol–water partition coefficient (Wildman–Crippen LogP) is -2.38. The molecule has 0 saturated heterocycles. The molecule has 12 heavy (non-hydrogen) atoms. The van der Waals surface area contributed by atoms with Crippen molar-refractivity contribution in [3.05, 3.63) is 0 Å². The molecule has 0 aromatic rings. The summed E-state index contributed by atoms with van der Waals surface area (Å²) >= 11 is 0. The number of nitrogens with two attached hydrogens (primary N) is 1. The van der Waals surface area contributed by atoms with Crippen LogP contribution >= 0.6 is 0 Å². The van der Waals surface area contributed by atoms with Gasteiger partial charge in [-0.2, -0.15) is 13.1 Å². The van der Waals surface area contributed by atoms with E-state index in [0.29, 0.717) is 0 Å². The van der Waals surface area contributed by atoms with Gasteiger partial charge in [-0.25, -0.2) is 5.14 Å². The lowest BCUT2D eigenvalue weighted by Gasteiger charge is -2.09. The van der Waals surface area contributed by atoms with Gasteiger partial charge in [-0.15, -0.1) is 0 Å². The molecule has 0 spiro atoms. The van der Waals surface area contributed by atoms with E-state index in [1.165, 1.54) is 0 Å². The normalized spacial score (nSPS) is 14.2. The van der Waals surface area contributed by atoms with Gasteiger partial charge in [-0.3, -0.25) is 4.79 Å². The van der Waals surface area contributed by atoms with Gasteiger partial charge in [0, 0.05) is 6.61 Å². The van der Waals surface area contributed by atoms with Gasteiger partial charge in [-0.1, -0.05) is 0 Å². The minimum absolute atomic E-state index is 0.217. The number of carboxylic acids is 1. The maximum atomic E-state index is 10.3. The molecule has 0 radical (unpaired) electrons. The van der Waals surface area contributed by atoms with Crippen molar-refractivity contribution >= 4 is 16.2 Å². The van der Waals surface area contributed by atoms with Gasteiger partial charge in [0.1, 0.15) is 6.04 Å². The molecule has 0 bridgehead atoms. The second-order valence-electron chi connectivity index (χ2n) is 2.07. The molecule has 0 saturated carbocycles. The highest BCUT2D eigenvalue weighted by Crippen LogP contribution is 1.91. The fourth-order valence-corrected chi connectivity index (χ4v) is 1.18. The molecule has 1 atom stereocenters. The Morgan fingerprint density at radius 2 is 2.08 bits per heavy atom. The van der Waals surface area contributed by atoms with Crippen molar-refractivity contribution in [3.8, 4) is 0 Å². The maximum Gasteiger partial charge on any atom is 0.321 e. The van der Waals surface area contributed by atoms with E-state index < -0.39 is 28.8 Å². The van der Waals surface area contributed by atoms with Crippen LogP contribution in [0.5, 0.6) is 0 Å². The van der Waals surface area contributed by atoms with E-state index in [-0.39, 0.29) is 6.42 Å². The van der Waals surface area contributed by atoms with Gasteiger partial charge < -0.3 is 10.2 Å². The van der Waals surface area contributed by atoms with Crippen molar-refractivity contribution in [1.29, 1.82) is 0 Å². The van der Waals surface area contributed by atoms with Crippen molar-refractivity contribution in [2.45, 2.75) is 12.5 Å². The average molecular weight is 198 g/mol. The number of aliphatic carboxylic acids is 1. The number of carboxylic acid groups (broad SMARTS) is 1. The molecular weight excluding hydrogens is 188 g/mol. The first-order valence-electron chi connectivity index (χ1n) is 3.00. The number of carbonyl (C=O) groups is 1. The molecular formula is C4H10N2O5S. The number of aliphatic hydroxyl groups is 1. The van der Waals surface area contributed by atoms with Gasteiger partial charge >= 0.3 is 5.97 Å². The Bertz CT molecular complexity index is 248. The largest absolute Gasteiger partial charge is 0.480 e. The highest BCUT2D eigenvalue weighted by molar-refractivity contribution is 7.87. The molecule has 1 unspecified atom stereocenters. The summed E-state index contributed by atoms with van der Waals surface area (Å²) in [6.45, 7) is -0.431. The summed E-state index contributed by atoms with van der Waals surface area (Å²) in [4.78, 5) is 10.3. The van der Waals surface area contributed by atoms with Gasteiger partial charge in [0.05, 0.1) is 0 Å². The first-order valence-corrected chi connectivity index (χ1v) is 4.55. The van der Waals surface area contributed by atoms with Crippen molar-refractivity contribution in [1.82, 2.24) is 4.72 Å². The summed E-state index contributed by atoms with van der Waals surface area (Å²) in [5.41, 5.74) is 0. The van der Waals surface area contributed by atoms with Crippen LogP contribution in [0.2, 0.25) is 0 Å². The van der Waals surface area contributed by atoms with Crippen LogP contribution in [-0.2, 0) is 15.0 Å². The van der Waals surface area contributed by atoms with Crippen LogP contribution in [0.3, 0.4) is 0 Å². The SMILES string of the molecule is NS(=O)(=O)NC(CCO)C(=O)O. The molecule has 0 aliphatic rings. The molecule has 0 fully saturated rings. The Morgan fingerprint density at radius 1 is 1.58 bits per heavy atom. The molecule has 0 aromatic carbocycles. The van der Waals surface area contributed by atoms with E-state index in [4.69, 9.17) is 10.2 Å². The number of hydrogen-bond donors (Lipinski definition) is 4. The lowest BCUT2D eigenvalue weighted by Crippen LogP contribution is -2.44. The van der Waals surface area contributed by atoms with Crippen LogP contribution in [0.25, 0.3) is 0 Å². The first kappa shape index (κ1) is 11.3. The van der Waals surface area contributed by atoms with Crippen LogP contribution in [0.4, 0.5) is 0 Å². The highest BCUT2D eigenvalue weighted by atomic mass is 32.2. The van der Waals surface area contributed by atoms with E-state index >= 15 is 0 Å². The summed E-state index contributed by atoms with van der Waals surface area (Å²) in [6, 6.07) is -1.37. The molecule has 72 valence electrons. The Labute approximate surface area is 69.4 Å². The summed E-state index contributed by atoms with van der Waals surface area (Å²) in [5, 5.41) is 21.2. The topological polar surface area (TPSA) is 130 Å². The van der Waals surface area contributed by atoms with Gasteiger partial charge in [0.2, 0.25) is 0 Å². The zero-order chi connectivity index (χ0) is 9.78. The monoisotopic (exact) mass is 198 g/mol. The third-order valence-electron chi connectivity index (χ3n) is 1.02. The second kappa shape index (κ2) is 4.36. The predicted molar refractivity (Wildman–Crippen MR) is 39.4 cm³/mol. The smallest absolute Gasteiger partial charge is 0.321 e. The minimum atomic E-state index is -4.03. The fraction of sp³-hybridized carbons (Fsp3) is 0.750. The Kier molecular flexibility index (Phi) is 4.10. The van der Waals surface area contributed by atoms with Crippen LogP contribution < -0.4 is 9.86 Å². The molecule has 0 heterocycles. The van der Waals surface area contributed by atoms with Crippen LogP contribution in [-0.4, -0.2) is 37.2 Å². The zero-order valence-electron chi connectivity index (χ0n) is 6.10. The minimum Gasteiger partial charge on any atom is -0.480 e. The number of hydrogen-bond acceptors (Lipinski definition) is 4. The first-order chi connectivity index (χ1) is 5.37. The molecule has 0 aliphatic carbocycles. The quantitative estimate of drug-likeness (QED) is 0.391. The average Bonchev–Trinajstić information content (AvgIpc) is 1.83. The van der Waals surface area contributed by atoms with E-state index in [0.717, 1.165) is 0 Å². The summed E-state index contributed by atoms with van der Waals surface area (Å²) in [6.07, 6.45) is -0.217. The van der Waals surface area contributed by atoms with Crippen molar-refractivity contribution in [2.24, 2.45) is 5.14 Å². The fourth-order valence-electron chi connectivity index (χ4n) is 0.560. The van der Waals surface area contributed by atoms with Crippen LogP contribution in [0.15, 0.2) is 0 Å². The Hall–Kier alpha value is -0.700. The van der Waals surface area contributed by atoms with Gasteiger partial charge in [0.25, 0.3) is 10.2 Å². The lowest BCUT2D eigenvalue weighted by atomic mass is 10.2. The van der Waals surface area contributed by atoms with E-state index in [9.17, 15) is 13.2 Å². The second-order valence-corrected chi connectivity index (χ2v) is 3.39. The van der Waals surface area contributed by atoms with Crippen LogP contribution in [0, 0.1) is 0 Å². The zero-order valence-corrected chi connectivity index (χ0v) is 6.91. The van der Waals surface area contributed by atoms with Crippen LogP contribution in [0.1, 0.15) is 6.42 Å². The third-order valence-corrected chi connectivity index (χ3v) is 1.64. The van der Waals surface area contributed by atoms with Crippen molar-refractivity contribution in [2.75, 3.05) is 6.61 Å². The molecule has 0 aliphatic heterocycles. The molecule has 0 rings (SSSR count). The number of rotatable bonds is 5. The Balaban J connectivity index is 4.24. The van der Waals surface area contributed by atoms with E-state index in [1.807, 2.05) is 0 Å². The third kappa shape index (κ3) is 5.02. The molecule has 5 N–H and O–H groups in total. The highest BCUT2D eigenvalue weighted by Gasteiger charge is 2.20. The van der Waals surface area contributed by atoms with Gasteiger partial charge in [-0.05, 0) is 6.42 Å². The number of aliphatic hydroxyl groups excluding tert-OH is 1. The lowest BCUT2D eigenvalue weighted by molar-refractivity contribution is -0.139. The Morgan fingerprint density at radius 3 is 2.33 bits per heavy atom. The molecule has 7 nitrogen and oxygen atoms in total. The molecule has 8 heteroatoms. The summed E-state index contributed by atoms with van der Waals surface area (Å²) in [5.74, 6) is -1.38. The van der Waals surface area contributed by atoms with E-state index in [2.05, 4.69) is 5.14 Å².